The first-order valence-corrected chi connectivity index (χ1v) is 8.81. The third-order valence-corrected chi connectivity index (χ3v) is 5.31. The molecule has 0 amide bonds. The monoisotopic (exact) mass is 347 g/mol. The summed E-state index contributed by atoms with van der Waals surface area (Å²) in [6.07, 6.45) is 0. The van der Waals surface area contributed by atoms with Crippen molar-refractivity contribution in [2.24, 2.45) is 0 Å². The summed E-state index contributed by atoms with van der Waals surface area (Å²) in [5.74, 6) is 0.388. The maximum atomic E-state index is 12.4. The largest absolute Gasteiger partial charge is 0.287 e. The lowest BCUT2D eigenvalue weighted by molar-refractivity contribution is -0.385. The molecular weight excluding hydrogens is 334 g/mol. The summed E-state index contributed by atoms with van der Waals surface area (Å²) in [5.41, 5.74) is 1.32. The van der Waals surface area contributed by atoms with Gasteiger partial charge in [-0.3, -0.25) is 19.5 Å². The molecule has 3 rings (SSSR count). The van der Waals surface area contributed by atoms with Crippen LogP contribution in [0.15, 0.2) is 45.7 Å². The number of aromatic nitrogens is 2. The quantitative estimate of drug-likeness (QED) is 0.304. The van der Waals surface area contributed by atoms with E-state index >= 15 is 0 Å². The zero-order chi connectivity index (χ0) is 16.4. The second-order valence-corrected chi connectivity index (χ2v) is 6.61. The standard InChI is InChI=1S/C15H13N3O3S2/c1-2-17-14(19)13-11(7-8-22-13)16-15(17)23-9-10-5-3-4-6-12(10)18(20)21/h3-8H,2,9H2,1H3. The van der Waals surface area contributed by atoms with E-state index in [4.69, 9.17) is 0 Å². The Hall–Kier alpha value is -2.19. The van der Waals surface area contributed by atoms with Crippen LogP contribution in [0.2, 0.25) is 0 Å². The summed E-state index contributed by atoms with van der Waals surface area (Å²) in [6.45, 7) is 2.40. The van der Waals surface area contributed by atoms with Gasteiger partial charge in [-0.2, -0.15) is 0 Å². The Balaban J connectivity index is 1.96. The van der Waals surface area contributed by atoms with Gasteiger partial charge in [-0.25, -0.2) is 4.98 Å². The first-order valence-electron chi connectivity index (χ1n) is 6.95. The van der Waals surface area contributed by atoms with Gasteiger partial charge in [-0.05, 0) is 18.4 Å². The van der Waals surface area contributed by atoms with Gasteiger partial charge in [0, 0.05) is 23.9 Å². The van der Waals surface area contributed by atoms with Gasteiger partial charge in [0.15, 0.2) is 5.16 Å². The molecule has 0 N–H and O–H groups in total. The molecule has 2 aromatic heterocycles. The molecule has 8 heteroatoms. The lowest BCUT2D eigenvalue weighted by Crippen LogP contribution is -2.21. The Labute approximate surface area is 139 Å². The number of rotatable bonds is 5. The van der Waals surface area contributed by atoms with Gasteiger partial charge in [0.05, 0.1) is 10.4 Å². The molecule has 0 aliphatic rings. The van der Waals surface area contributed by atoms with E-state index in [9.17, 15) is 14.9 Å². The van der Waals surface area contributed by atoms with Crippen LogP contribution in [0, 0.1) is 10.1 Å². The number of nitro groups is 1. The van der Waals surface area contributed by atoms with Crippen LogP contribution in [0.4, 0.5) is 5.69 Å². The number of hydrogen-bond acceptors (Lipinski definition) is 6. The average molecular weight is 347 g/mol. The molecule has 0 saturated heterocycles. The van der Waals surface area contributed by atoms with E-state index < -0.39 is 4.92 Å². The second kappa shape index (κ2) is 6.51. The van der Waals surface area contributed by atoms with E-state index in [0.717, 1.165) is 0 Å². The SMILES string of the molecule is CCn1c(SCc2ccccc2[N+](=O)[O-])nc2ccsc2c1=O. The fraction of sp³-hybridized carbons (Fsp3) is 0.200. The normalized spacial score (nSPS) is 11.0. The van der Waals surface area contributed by atoms with Crippen molar-refractivity contribution in [1.82, 2.24) is 9.55 Å². The molecule has 0 aliphatic carbocycles. The first-order chi connectivity index (χ1) is 11.1. The molecule has 0 aliphatic heterocycles. The van der Waals surface area contributed by atoms with E-state index in [0.29, 0.717) is 33.2 Å². The van der Waals surface area contributed by atoms with Crippen molar-refractivity contribution < 1.29 is 4.92 Å². The molecule has 118 valence electrons. The predicted molar refractivity (Wildman–Crippen MR) is 92.2 cm³/mol. The number of benzene rings is 1. The maximum absolute atomic E-state index is 12.4. The van der Waals surface area contributed by atoms with Crippen LogP contribution in [-0.2, 0) is 12.3 Å². The van der Waals surface area contributed by atoms with Gasteiger partial charge in [0.1, 0.15) is 4.70 Å². The Bertz CT molecular complexity index is 933. The Morgan fingerprint density at radius 1 is 1.35 bits per heavy atom. The van der Waals surface area contributed by atoms with Gasteiger partial charge < -0.3 is 0 Å². The van der Waals surface area contributed by atoms with Gasteiger partial charge >= 0.3 is 0 Å². The van der Waals surface area contributed by atoms with Crippen LogP contribution in [0.3, 0.4) is 0 Å². The fourth-order valence-corrected chi connectivity index (χ4v) is 4.10. The number of fused-ring (bicyclic) bond motifs is 1. The average Bonchev–Trinajstić information content (AvgIpc) is 3.02. The van der Waals surface area contributed by atoms with Crippen LogP contribution in [0.25, 0.3) is 10.2 Å². The minimum absolute atomic E-state index is 0.0578. The lowest BCUT2D eigenvalue weighted by Gasteiger charge is -2.09. The molecule has 6 nitrogen and oxygen atoms in total. The number of hydrogen-bond donors (Lipinski definition) is 0. The first kappa shape index (κ1) is 15.7. The maximum Gasteiger partial charge on any atom is 0.273 e. The summed E-state index contributed by atoms with van der Waals surface area (Å²) in [4.78, 5) is 27.6. The molecule has 23 heavy (non-hydrogen) atoms. The van der Waals surface area contributed by atoms with Crippen molar-refractivity contribution in [1.29, 1.82) is 0 Å². The van der Waals surface area contributed by atoms with Crippen molar-refractivity contribution >= 4 is 39.0 Å². The Kier molecular flexibility index (Phi) is 4.44. The molecule has 0 spiro atoms. The van der Waals surface area contributed by atoms with Crippen molar-refractivity contribution in [3.8, 4) is 0 Å². The molecule has 0 bridgehead atoms. The van der Waals surface area contributed by atoms with E-state index in [1.807, 2.05) is 18.4 Å². The predicted octanol–water partition coefficient (Wildman–Crippen LogP) is 3.68. The smallest absolute Gasteiger partial charge is 0.273 e. The molecule has 0 saturated carbocycles. The molecule has 0 radical (unpaired) electrons. The van der Waals surface area contributed by atoms with Crippen LogP contribution in [-0.4, -0.2) is 14.5 Å². The third kappa shape index (κ3) is 2.99. The molecule has 0 unspecified atom stereocenters. The highest BCUT2D eigenvalue weighted by molar-refractivity contribution is 7.98. The van der Waals surface area contributed by atoms with Crippen LogP contribution in [0.5, 0.6) is 0 Å². The highest BCUT2D eigenvalue weighted by Gasteiger charge is 2.15. The minimum Gasteiger partial charge on any atom is -0.287 e. The van der Waals surface area contributed by atoms with Crippen molar-refractivity contribution in [3.63, 3.8) is 0 Å². The van der Waals surface area contributed by atoms with E-state index in [2.05, 4.69) is 4.98 Å². The van der Waals surface area contributed by atoms with Gasteiger partial charge in [0.2, 0.25) is 0 Å². The van der Waals surface area contributed by atoms with Crippen LogP contribution < -0.4 is 5.56 Å². The zero-order valence-corrected chi connectivity index (χ0v) is 13.9. The number of para-hydroxylation sites is 1. The number of nitro benzene ring substituents is 1. The number of nitrogens with zero attached hydrogens (tertiary/aromatic N) is 3. The molecule has 0 atom stereocenters. The van der Waals surface area contributed by atoms with Crippen molar-refractivity contribution in [2.75, 3.05) is 0 Å². The highest BCUT2D eigenvalue weighted by atomic mass is 32.2. The van der Waals surface area contributed by atoms with Gasteiger partial charge in [-0.15, -0.1) is 11.3 Å². The van der Waals surface area contributed by atoms with Gasteiger partial charge in [0.25, 0.3) is 11.2 Å². The topological polar surface area (TPSA) is 78.0 Å². The molecule has 1 aromatic carbocycles. The zero-order valence-electron chi connectivity index (χ0n) is 12.3. The molecule has 0 fully saturated rings. The highest BCUT2D eigenvalue weighted by Crippen LogP contribution is 2.27. The summed E-state index contributed by atoms with van der Waals surface area (Å²) < 4.78 is 2.25. The second-order valence-electron chi connectivity index (χ2n) is 4.75. The summed E-state index contributed by atoms with van der Waals surface area (Å²) in [7, 11) is 0. The number of thioether (sulfide) groups is 1. The molecular formula is C15H13N3O3S2. The summed E-state index contributed by atoms with van der Waals surface area (Å²) in [5, 5.41) is 13.5. The Morgan fingerprint density at radius 3 is 2.87 bits per heavy atom. The number of thiophene rings is 1. The Morgan fingerprint density at radius 2 is 2.13 bits per heavy atom. The van der Waals surface area contributed by atoms with E-state index in [1.54, 1.807) is 22.8 Å². The fourth-order valence-electron chi connectivity index (χ4n) is 2.27. The summed E-state index contributed by atoms with van der Waals surface area (Å²) in [6, 6.07) is 8.44. The van der Waals surface area contributed by atoms with Crippen molar-refractivity contribution in [2.45, 2.75) is 24.4 Å². The lowest BCUT2D eigenvalue weighted by atomic mass is 10.2. The molecule has 2 heterocycles. The van der Waals surface area contributed by atoms with Crippen LogP contribution in [0.1, 0.15) is 12.5 Å². The van der Waals surface area contributed by atoms with Crippen molar-refractivity contribution in [3.05, 3.63) is 61.7 Å². The van der Waals surface area contributed by atoms with E-state index in [-0.39, 0.29) is 11.2 Å². The minimum atomic E-state index is -0.391. The third-order valence-electron chi connectivity index (χ3n) is 3.39. The molecule has 3 aromatic rings. The van der Waals surface area contributed by atoms with Gasteiger partial charge in [-0.1, -0.05) is 30.0 Å². The van der Waals surface area contributed by atoms with E-state index in [1.165, 1.54) is 29.2 Å². The van der Waals surface area contributed by atoms with Crippen LogP contribution >= 0.6 is 23.1 Å². The summed E-state index contributed by atoms with van der Waals surface area (Å²) >= 11 is 2.72.